The number of nitrogens with zero attached hydrogens (tertiary/aromatic N) is 1. The Labute approximate surface area is 106 Å². The highest BCUT2D eigenvalue weighted by Crippen LogP contribution is 2.24. The molecule has 0 aromatic heterocycles. The molecule has 1 saturated heterocycles. The summed E-state index contributed by atoms with van der Waals surface area (Å²) in [6.45, 7) is 3.63. The van der Waals surface area contributed by atoms with E-state index in [-0.39, 0.29) is 6.04 Å². The smallest absolute Gasteiger partial charge is 0.0318 e. The van der Waals surface area contributed by atoms with E-state index in [1.165, 1.54) is 31.5 Å². The summed E-state index contributed by atoms with van der Waals surface area (Å²) in [6.07, 6.45) is 3.75. The molecule has 1 unspecified atom stereocenters. The Morgan fingerprint density at radius 1 is 1.25 bits per heavy atom. The van der Waals surface area contributed by atoms with Crippen molar-refractivity contribution in [1.82, 2.24) is 4.90 Å². The molecular weight excluding hydrogens is 264 g/mol. The third-order valence-electron chi connectivity index (χ3n) is 3.26. The van der Waals surface area contributed by atoms with Gasteiger partial charge in [0.25, 0.3) is 0 Å². The van der Waals surface area contributed by atoms with Crippen molar-refractivity contribution in [1.29, 1.82) is 0 Å². The molecule has 0 bridgehead atoms. The Bertz CT molecular complexity index is 334. The van der Waals surface area contributed by atoms with E-state index >= 15 is 0 Å². The van der Waals surface area contributed by atoms with Crippen LogP contribution in [0.25, 0.3) is 0 Å². The van der Waals surface area contributed by atoms with E-state index in [4.69, 9.17) is 5.73 Å². The predicted octanol–water partition coefficient (Wildman–Crippen LogP) is 2.93. The zero-order valence-corrected chi connectivity index (χ0v) is 11.1. The van der Waals surface area contributed by atoms with Gasteiger partial charge in [0.05, 0.1) is 0 Å². The number of hydrogen-bond acceptors (Lipinski definition) is 2. The summed E-state index contributed by atoms with van der Waals surface area (Å²) in [7, 11) is 0. The molecule has 3 heteroatoms. The van der Waals surface area contributed by atoms with Crippen LogP contribution >= 0.6 is 15.9 Å². The SMILES string of the molecule is NC(CCN1CCCC1)c1ccccc1Br. The fourth-order valence-electron chi connectivity index (χ4n) is 2.26. The molecule has 2 rings (SSSR count). The lowest BCUT2D eigenvalue weighted by Crippen LogP contribution is -2.24. The van der Waals surface area contributed by atoms with Crippen LogP contribution in [-0.2, 0) is 0 Å². The van der Waals surface area contributed by atoms with Gasteiger partial charge < -0.3 is 10.6 Å². The van der Waals surface area contributed by atoms with Crippen LogP contribution in [0.2, 0.25) is 0 Å². The molecule has 1 fully saturated rings. The normalized spacial score (nSPS) is 18.9. The Kier molecular flexibility index (Phi) is 4.38. The first-order valence-electron chi connectivity index (χ1n) is 6.00. The molecular formula is C13H19BrN2. The van der Waals surface area contributed by atoms with E-state index in [0.717, 1.165) is 17.4 Å². The van der Waals surface area contributed by atoms with Crippen LogP contribution in [0.1, 0.15) is 30.9 Å². The van der Waals surface area contributed by atoms with Crippen LogP contribution in [0.4, 0.5) is 0 Å². The summed E-state index contributed by atoms with van der Waals surface area (Å²) in [5.41, 5.74) is 7.44. The van der Waals surface area contributed by atoms with Gasteiger partial charge in [-0.05, 0) is 50.5 Å². The summed E-state index contributed by atoms with van der Waals surface area (Å²) in [5.74, 6) is 0. The minimum atomic E-state index is 0.149. The maximum atomic E-state index is 6.22. The van der Waals surface area contributed by atoms with Gasteiger partial charge in [-0.2, -0.15) is 0 Å². The van der Waals surface area contributed by atoms with Crippen LogP contribution in [0.15, 0.2) is 28.7 Å². The van der Waals surface area contributed by atoms with E-state index in [0.29, 0.717) is 0 Å². The molecule has 88 valence electrons. The van der Waals surface area contributed by atoms with Crippen LogP contribution in [0.3, 0.4) is 0 Å². The van der Waals surface area contributed by atoms with Crippen LogP contribution < -0.4 is 5.73 Å². The maximum absolute atomic E-state index is 6.22. The standard InChI is InChI=1S/C13H19BrN2/c14-12-6-2-1-5-11(12)13(15)7-10-16-8-3-4-9-16/h1-2,5-6,13H,3-4,7-10,15H2. The summed E-state index contributed by atoms with van der Waals surface area (Å²) >= 11 is 3.56. The number of benzene rings is 1. The van der Waals surface area contributed by atoms with Crippen LogP contribution in [0, 0.1) is 0 Å². The third-order valence-corrected chi connectivity index (χ3v) is 3.98. The molecule has 0 saturated carbocycles. The van der Waals surface area contributed by atoms with Crippen molar-refractivity contribution in [2.24, 2.45) is 5.73 Å². The average molecular weight is 283 g/mol. The first kappa shape index (κ1) is 12.1. The monoisotopic (exact) mass is 282 g/mol. The summed E-state index contributed by atoms with van der Waals surface area (Å²) in [6, 6.07) is 8.40. The molecule has 1 aliphatic heterocycles. The number of halogens is 1. The fourth-order valence-corrected chi connectivity index (χ4v) is 2.84. The molecule has 1 aromatic carbocycles. The Morgan fingerprint density at radius 3 is 2.62 bits per heavy atom. The van der Waals surface area contributed by atoms with Crippen molar-refractivity contribution >= 4 is 15.9 Å². The molecule has 1 atom stereocenters. The lowest BCUT2D eigenvalue weighted by atomic mass is 10.0. The van der Waals surface area contributed by atoms with Crippen molar-refractivity contribution < 1.29 is 0 Å². The molecule has 0 radical (unpaired) electrons. The predicted molar refractivity (Wildman–Crippen MR) is 71.4 cm³/mol. The van der Waals surface area contributed by atoms with Gasteiger partial charge in [0, 0.05) is 10.5 Å². The van der Waals surface area contributed by atoms with Crippen LogP contribution in [0.5, 0.6) is 0 Å². The first-order chi connectivity index (χ1) is 7.77. The summed E-state index contributed by atoms with van der Waals surface area (Å²) in [4.78, 5) is 2.51. The van der Waals surface area contributed by atoms with Gasteiger partial charge in [-0.25, -0.2) is 0 Å². The van der Waals surface area contributed by atoms with Gasteiger partial charge in [0.1, 0.15) is 0 Å². The van der Waals surface area contributed by atoms with Crippen molar-refractivity contribution in [2.45, 2.75) is 25.3 Å². The fraction of sp³-hybridized carbons (Fsp3) is 0.538. The minimum absolute atomic E-state index is 0.149. The van der Waals surface area contributed by atoms with Gasteiger partial charge in [0.15, 0.2) is 0 Å². The number of hydrogen-bond donors (Lipinski definition) is 1. The molecule has 0 amide bonds. The second kappa shape index (κ2) is 5.80. The van der Waals surface area contributed by atoms with Gasteiger partial charge in [-0.15, -0.1) is 0 Å². The van der Waals surface area contributed by atoms with Crippen molar-refractivity contribution in [3.8, 4) is 0 Å². The number of nitrogens with two attached hydrogens (primary N) is 1. The van der Waals surface area contributed by atoms with Crippen LogP contribution in [-0.4, -0.2) is 24.5 Å². The van der Waals surface area contributed by atoms with Crippen molar-refractivity contribution in [3.63, 3.8) is 0 Å². The van der Waals surface area contributed by atoms with Gasteiger partial charge in [-0.1, -0.05) is 34.1 Å². The van der Waals surface area contributed by atoms with E-state index in [1.54, 1.807) is 0 Å². The van der Waals surface area contributed by atoms with E-state index in [1.807, 2.05) is 6.07 Å². The zero-order valence-electron chi connectivity index (χ0n) is 9.53. The van der Waals surface area contributed by atoms with Gasteiger partial charge >= 0.3 is 0 Å². The first-order valence-corrected chi connectivity index (χ1v) is 6.79. The third kappa shape index (κ3) is 3.06. The molecule has 1 aliphatic rings. The highest BCUT2D eigenvalue weighted by atomic mass is 79.9. The van der Waals surface area contributed by atoms with Gasteiger partial charge in [-0.3, -0.25) is 0 Å². The zero-order chi connectivity index (χ0) is 11.4. The van der Waals surface area contributed by atoms with Gasteiger partial charge in [0.2, 0.25) is 0 Å². The summed E-state index contributed by atoms with van der Waals surface area (Å²) in [5, 5.41) is 0. The maximum Gasteiger partial charge on any atom is 0.0318 e. The Morgan fingerprint density at radius 2 is 1.94 bits per heavy atom. The molecule has 1 aromatic rings. The minimum Gasteiger partial charge on any atom is -0.324 e. The summed E-state index contributed by atoms with van der Waals surface area (Å²) < 4.78 is 1.13. The quantitative estimate of drug-likeness (QED) is 0.920. The molecule has 0 aliphatic carbocycles. The van der Waals surface area contributed by atoms with E-state index in [2.05, 4.69) is 39.0 Å². The largest absolute Gasteiger partial charge is 0.324 e. The number of likely N-dealkylation sites (tertiary alicyclic amines) is 1. The van der Waals surface area contributed by atoms with Crippen molar-refractivity contribution in [3.05, 3.63) is 34.3 Å². The highest BCUT2D eigenvalue weighted by Gasteiger charge is 2.14. The molecule has 0 spiro atoms. The topological polar surface area (TPSA) is 29.3 Å². The molecule has 1 heterocycles. The second-order valence-corrected chi connectivity index (χ2v) is 5.32. The molecule has 2 N–H and O–H groups in total. The Hall–Kier alpha value is -0.380. The number of rotatable bonds is 4. The molecule has 16 heavy (non-hydrogen) atoms. The lowest BCUT2D eigenvalue weighted by molar-refractivity contribution is 0.322. The highest BCUT2D eigenvalue weighted by molar-refractivity contribution is 9.10. The van der Waals surface area contributed by atoms with Crippen molar-refractivity contribution in [2.75, 3.05) is 19.6 Å². The Balaban J connectivity index is 1.87. The van der Waals surface area contributed by atoms with E-state index in [9.17, 15) is 0 Å². The second-order valence-electron chi connectivity index (χ2n) is 4.47. The lowest BCUT2D eigenvalue weighted by Gasteiger charge is -2.19. The average Bonchev–Trinajstić information content (AvgIpc) is 2.79. The van der Waals surface area contributed by atoms with E-state index < -0.39 is 0 Å². The molecule has 2 nitrogen and oxygen atoms in total.